The van der Waals surface area contributed by atoms with Crippen LogP contribution in [0.25, 0.3) is 0 Å². The van der Waals surface area contributed by atoms with Crippen LogP contribution in [0.4, 0.5) is 28.8 Å². The van der Waals surface area contributed by atoms with E-state index in [0.717, 1.165) is 31.9 Å². The highest BCUT2D eigenvalue weighted by Gasteiger charge is 2.20. The van der Waals surface area contributed by atoms with Gasteiger partial charge in [-0.25, -0.2) is 15.0 Å². The Bertz CT molecular complexity index is 1230. The molecule has 4 rings (SSSR count). The Balaban J connectivity index is 1.54. The maximum atomic E-state index is 12.9. The third-order valence-corrected chi connectivity index (χ3v) is 6.04. The Morgan fingerprint density at radius 3 is 2.49 bits per heavy atom. The number of anilines is 5. The molecule has 0 radical (unpaired) electrons. The van der Waals surface area contributed by atoms with Crippen LogP contribution in [0.2, 0.25) is 0 Å². The van der Waals surface area contributed by atoms with E-state index in [1.165, 1.54) is 11.9 Å². The zero-order valence-corrected chi connectivity index (χ0v) is 21.5. The summed E-state index contributed by atoms with van der Waals surface area (Å²) in [5.41, 5.74) is 1.92. The molecule has 0 saturated carbocycles. The second kappa shape index (κ2) is 11.4. The van der Waals surface area contributed by atoms with Gasteiger partial charge in [0, 0.05) is 44.1 Å². The molecule has 1 saturated heterocycles. The van der Waals surface area contributed by atoms with Crippen LogP contribution in [-0.2, 0) is 5.60 Å². The molecule has 194 valence electrons. The summed E-state index contributed by atoms with van der Waals surface area (Å²) in [6.45, 7) is 11.4. The van der Waals surface area contributed by atoms with Gasteiger partial charge < -0.3 is 30.9 Å². The number of piperazine rings is 1. The van der Waals surface area contributed by atoms with Gasteiger partial charge in [0.1, 0.15) is 11.4 Å². The molecular weight excluding hydrogens is 468 g/mol. The molecule has 3 heterocycles. The molecule has 0 spiro atoms. The Morgan fingerprint density at radius 2 is 1.81 bits per heavy atom. The number of hydrogen-bond donors (Lipinski definition) is 4. The van der Waals surface area contributed by atoms with Crippen molar-refractivity contribution in [2.75, 3.05) is 55.3 Å². The Hall–Kier alpha value is -4.02. The smallest absolute Gasteiger partial charge is 0.272 e. The van der Waals surface area contributed by atoms with Crippen LogP contribution < -0.4 is 20.9 Å². The molecule has 4 N–H and O–H groups in total. The van der Waals surface area contributed by atoms with Gasteiger partial charge in [0.15, 0.2) is 5.69 Å². The molecule has 0 atom stereocenters. The molecule has 37 heavy (non-hydrogen) atoms. The van der Waals surface area contributed by atoms with Crippen molar-refractivity contribution in [2.45, 2.75) is 19.4 Å². The largest absolute Gasteiger partial charge is 0.384 e. The Morgan fingerprint density at radius 1 is 1.08 bits per heavy atom. The van der Waals surface area contributed by atoms with Crippen LogP contribution in [0.1, 0.15) is 30.0 Å². The summed E-state index contributed by atoms with van der Waals surface area (Å²) in [6, 6.07) is 13.4. The lowest BCUT2D eigenvalue weighted by molar-refractivity contribution is 0.0740. The van der Waals surface area contributed by atoms with E-state index in [1.54, 1.807) is 38.1 Å². The minimum atomic E-state index is -1.11. The van der Waals surface area contributed by atoms with Gasteiger partial charge in [-0.1, -0.05) is 12.1 Å². The number of aromatic nitrogens is 3. The van der Waals surface area contributed by atoms with Crippen molar-refractivity contribution in [3.05, 3.63) is 72.7 Å². The molecule has 1 amide bonds. The second-order valence-electron chi connectivity index (χ2n) is 9.51. The fraction of sp³-hybridized carbons (Fsp3) is 0.333. The maximum Gasteiger partial charge on any atom is 0.272 e. The first kappa shape index (κ1) is 26.1. The highest BCUT2D eigenvalue weighted by atomic mass is 16.3. The number of carbonyl (C=O) groups is 1. The lowest BCUT2D eigenvalue weighted by Gasteiger charge is -2.34. The van der Waals surface area contributed by atoms with Gasteiger partial charge in [0.2, 0.25) is 5.95 Å². The summed E-state index contributed by atoms with van der Waals surface area (Å²) in [6.07, 6.45) is 3.14. The number of amides is 1. The van der Waals surface area contributed by atoms with E-state index in [2.05, 4.69) is 66.5 Å². The summed E-state index contributed by atoms with van der Waals surface area (Å²) >= 11 is 0. The number of aliphatic hydroxyl groups is 1. The third-order valence-electron chi connectivity index (χ3n) is 6.04. The highest BCUT2D eigenvalue weighted by molar-refractivity contribution is 5.98. The normalized spacial score (nSPS) is 14.2. The van der Waals surface area contributed by atoms with Crippen LogP contribution in [0.5, 0.6) is 0 Å². The van der Waals surface area contributed by atoms with Crippen molar-refractivity contribution in [1.82, 2.24) is 25.2 Å². The molecule has 1 aromatic carbocycles. The lowest BCUT2D eigenvalue weighted by atomic mass is 10.1. The number of hydrogen-bond acceptors (Lipinski definition) is 9. The van der Waals surface area contributed by atoms with E-state index >= 15 is 0 Å². The summed E-state index contributed by atoms with van der Waals surface area (Å²) in [4.78, 5) is 30.9. The average molecular weight is 503 g/mol. The van der Waals surface area contributed by atoms with Crippen LogP contribution in [0.15, 0.2) is 61.3 Å². The van der Waals surface area contributed by atoms with Crippen molar-refractivity contribution in [3.8, 4) is 0 Å². The van der Waals surface area contributed by atoms with E-state index in [0.29, 0.717) is 29.7 Å². The number of carbonyl (C=O) groups excluding carboxylic acids is 1. The van der Waals surface area contributed by atoms with Crippen molar-refractivity contribution >= 4 is 34.7 Å². The van der Waals surface area contributed by atoms with Crippen LogP contribution in [0, 0.1) is 0 Å². The molecule has 1 fully saturated rings. The molecule has 3 aromatic rings. The summed E-state index contributed by atoms with van der Waals surface area (Å²) in [5, 5.41) is 19.4. The van der Waals surface area contributed by atoms with E-state index in [9.17, 15) is 9.90 Å². The van der Waals surface area contributed by atoms with Gasteiger partial charge >= 0.3 is 0 Å². The topological polar surface area (TPSA) is 119 Å². The van der Waals surface area contributed by atoms with Crippen molar-refractivity contribution < 1.29 is 9.90 Å². The number of nitrogens with zero attached hydrogens (tertiary/aromatic N) is 5. The molecule has 0 aliphatic carbocycles. The van der Waals surface area contributed by atoms with Gasteiger partial charge in [0.05, 0.1) is 17.6 Å². The molecule has 1 aliphatic rings. The minimum absolute atomic E-state index is 0.156. The van der Waals surface area contributed by atoms with Crippen LogP contribution in [-0.4, -0.2) is 70.6 Å². The SMILES string of the molecule is C=CCNC(=O)c1nc(Nc2ccc(N3CCN(C)CC3)cc2)ncc1Nc1cccc(C(C)(C)O)n1. The summed E-state index contributed by atoms with van der Waals surface area (Å²) < 4.78 is 0. The predicted molar refractivity (Wildman–Crippen MR) is 147 cm³/mol. The van der Waals surface area contributed by atoms with Gasteiger partial charge in [0.25, 0.3) is 5.91 Å². The number of nitrogens with one attached hydrogen (secondary N) is 3. The fourth-order valence-electron chi connectivity index (χ4n) is 3.89. The summed E-state index contributed by atoms with van der Waals surface area (Å²) in [5.74, 6) is 0.373. The number of pyridine rings is 1. The lowest BCUT2D eigenvalue weighted by Crippen LogP contribution is -2.44. The summed E-state index contributed by atoms with van der Waals surface area (Å²) in [7, 11) is 2.14. The average Bonchev–Trinajstić information content (AvgIpc) is 2.89. The number of rotatable bonds is 9. The van der Waals surface area contributed by atoms with E-state index in [1.807, 2.05) is 12.1 Å². The van der Waals surface area contributed by atoms with Crippen LogP contribution in [0.3, 0.4) is 0 Å². The standard InChI is InChI=1S/C27H34N8O2/c1-5-13-28-25(36)24-21(31-23-8-6-7-22(32-23)27(2,3)37)18-29-26(33-24)30-19-9-11-20(12-10-19)35-16-14-34(4)15-17-35/h5-12,18,37H,1,13-17H2,2-4H3,(H,28,36)(H,31,32)(H,29,30,33). The third kappa shape index (κ3) is 6.81. The van der Waals surface area contributed by atoms with Crippen LogP contribution >= 0.6 is 0 Å². The number of benzene rings is 1. The first-order valence-corrected chi connectivity index (χ1v) is 12.3. The van der Waals surface area contributed by atoms with E-state index in [4.69, 9.17) is 0 Å². The first-order valence-electron chi connectivity index (χ1n) is 12.3. The number of likely N-dealkylation sites (N-methyl/N-ethyl adjacent to an activating group) is 1. The second-order valence-corrected chi connectivity index (χ2v) is 9.51. The zero-order valence-electron chi connectivity index (χ0n) is 21.5. The molecule has 2 aromatic heterocycles. The zero-order chi connectivity index (χ0) is 26.4. The van der Waals surface area contributed by atoms with Gasteiger partial charge in [-0.3, -0.25) is 4.79 Å². The minimum Gasteiger partial charge on any atom is -0.384 e. The van der Waals surface area contributed by atoms with E-state index in [-0.39, 0.29) is 11.6 Å². The predicted octanol–water partition coefficient (Wildman–Crippen LogP) is 3.25. The first-order chi connectivity index (χ1) is 17.7. The molecular formula is C27H34N8O2. The molecule has 1 aliphatic heterocycles. The Kier molecular flexibility index (Phi) is 8.00. The maximum absolute atomic E-state index is 12.9. The van der Waals surface area contributed by atoms with Crippen molar-refractivity contribution in [3.63, 3.8) is 0 Å². The Labute approximate surface area is 217 Å². The van der Waals surface area contributed by atoms with Crippen molar-refractivity contribution in [1.29, 1.82) is 0 Å². The highest BCUT2D eigenvalue weighted by Crippen LogP contribution is 2.25. The quantitative estimate of drug-likeness (QED) is 0.327. The van der Waals surface area contributed by atoms with Gasteiger partial charge in [-0.15, -0.1) is 6.58 Å². The van der Waals surface area contributed by atoms with Gasteiger partial charge in [-0.05, 0) is 57.3 Å². The fourth-order valence-corrected chi connectivity index (χ4v) is 3.89. The van der Waals surface area contributed by atoms with Gasteiger partial charge in [-0.2, -0.15) is 0 Å². The molecule has 10 nitrogen and oxygen atoms in total. The van der Waals surface area contributed by atoms with Crippen molar-refractivity contribution in [2.24, 2.45) is 0 Å². The molecule has 0 unspecified atom stereocenters. The molecule has 10 heteroatoms. The van der Waals surface area contributed by atoms with E-state index < -0.39 is 5.60 Å². The monoisotopic (exact) mass is 502 g/mol. The molecule has 0 bridgehead atoms.